The number of halogens is 1. The first-order valence-electron chi connectivity index (χ1n) is 7.08. The lowest BCUT2D eigenvalue weighted by Crippen LogP contribution is -2.22. The maximum atomic E-state index is 14.2. The smallest absolute Gasteiger partial charge is 0.146 e. The van der Waals surface area contributed by atoms with E-state index in [0.717, 1.165) is 31.6 Å². The minimum atomic E-state index is -0.186. The molecule has 112 valence electrons. The monoisotopic (exact) mass is 282 g/mol. The lowest BCUT2D eigenvalue weighted by Gasteiger charge is -2.19. The van der Waals surface area contributed by atoms with Gasteiger partial charge < -0.3 is 20.1 Å². The Hall–Kier alpha value is -1.17. The molecule has 2 N–H and O–H groups in total. The Kier molecular flexibility index (Phi) is 5.76. The van der Waals surface area contributed by atoms with E-state index in [4.69, 9.17) is 9.84 Å². The summed E-state index contributed by atoms with van der Waals surface area (Å²) in [6.07, 6.45) is 0.927. The molecule has 1 saturated heterocycles. The maximum absolute atomic E-state index is 14.2. The Bertz CT molecular complexity index is 428. The number of methoxy groups -OCH3 is 1. The topological polar surface area (TPSA) is 44.7 Å². The minimum Gasteiger partial charge on any atom is -0.396 e. The molecule has 0 bridgehead atoms. The maximum Gasteiger partial charge on any atom is 0.146 e. The lowest BCUT2D eigenvalue weighted by atomic mass is 10.1. The average Bonchev–Trinajstić information content (AvgIpc) is 2.92. The van der Waals surface area contributed by atoms with Crippen molar-refractivity contribution in [2.24, 2.45) is 5.92 Å². The van der Waals surface area contributed by atoms with E-state index in [0.29, 0.717) is 18.8 Å². The number of aliphatic hydroxyl groups is 1. The summed E-state index contributed by atoms with van der Waals surface area (Å²) < 4.78 is 19.1. The molecule has 0 amide bonds. The van der Waals surface area contributed by atoms with Gasteiger partial charge in [-0.3, -0.25) is 0 Å². The van der Waals surface area contributed by atoms with Crippen LogP contribution >= 0.6 is 0 Å². The predicted molar refractivity (Wildman–Crippen MR) is 77.4 cm³/mol. The van der Waals surface area contributed by atoms with Gasteiger partial charge in [0.2, 0.25) is 0 Å². The molecular formula is C15H23FN2O2. The Labute approximate surface area is 119 Å². The third-order valence-corrected chi connectivity index (χ3v) is 3.71. The molecule has 2 rings (SSSR count). The van der Waals surface area contributed by atoms with Gasteiger partial charge >= 0.3 is 0 Å². The van der Waals surface area contributed by atoms with Crippen LogP contribution in [0.1, 0.15) is 12.0 Å². The second kappa shape index (κ2) is 7.57. The summed E-state index contributed by atoms with van der Waals surface area (Å²) in [7, 11) is 1.66. The molecule has 0 radical (unpaired) electrons. The fourth-order valence-corrected chi connectivity index (χ4v) is 2.52. The molecule has 1 aromatic rings. The van der Waals surface area contributed by atoms with E-state index >= 15 is 0 Å². The average molecular weight is 282 g/mol. The van der Waals surface area contributed by atoms with Crippen LogP contribution in [0.25, 0.3) is 0 Å². The normalized spacial score (nSPS) is 18.8. The largest absolute Gasteiger partial charge is 0.396 e. The molecule has 0 aromatic heterocycles. The SMILES string of the molecule is COCCNCc1ccc(N2CCC(CO)C2)c(F)c1. The summed E-state index contributed by atoms with van der Waals surface area (Å²) in [6.45, 7) is 3.77. The quantitative estimate of drug-likeness (QED) is 0.742. The van der Waals surface area contributed by atoms with Crippen LogP contribution in [0.3, 0.4) is 0 Å². The third-order valence-electron chi connectivity index (χ3n) is 3.71. The van der Waals surface area contributed by atoms with Gasteiger partial charge in [-0.2, -0.15) is 0 Å². The zero-order valence-corrected chi connectivity index (χ0v) is 11.9. The molecule has 5 heteroatoms. The highest BCUT2D eigenvalue weighted by molar-refractivity contribution is 5.50. The Morgan fingerprint density at radius 3 is 3.00 bits per heavy atom. The number of nitrogens with one attached hydrogen (secondary N) is 1. The van der Waals surface area contributed by atoms with Gasteiger partial charge in [0.15, 0.2) is 0 Å². The lowest BCUT2D eigenvalue weighted by molar-refractivity contribution is 0.199. The van der Waals surface area contributed by atoms with Crippen LogP contribution in [-0.2, 0) is 11.3 Å². The van der Waals surface area contributed by atoms with E-state index in [1.807, 2.05) is 17.0 Å². The van der Waals surface area contributed by atoms with Crippen LogP contribution in [-0.4, -0.2) is 45.1 Å². The molecule has 1 atom stereocenters. The van der Waals surface area contributed by atoms with E-state index in [1.54, 1.807) is 13.2 Å². The third kappa shape index (κ3) is 3.91. The molecule has 1 heterocycles. The number of benzene rings is 1. The van der Waals surface area contributed by atoms with Crippen LogP contribution in [0.4, 0.5) is 10.1 Å². The first-order valence-corrected chi connectivity index (χ1v) is 7.08. The van der Waals surface area contributed by atoms with Crippen LogP contribution in [0.5, 0.6) is 0 Å². The van der Waals surface area contributed by atoms with E-state index in [1.165, 1.54) is 0 Å². The predicted octanol–water partition coefficient (Wildman–Crippen LogP) is 1.38. The molecule has 4 nitrogen and oxygen atoms in total. The molecule has 0 aliphatic carbocycles. The standard InChI is InChI=1S/C15H23FN2O2/c1-20-7-5-17-9-12-2-3-15(14(16)8-12)18-6-4-13(10-18)11-19/h2-3,8,13,17,19H,4-7,9-11H2,1H3. The van der Waals surface area contributed by atoms with Crippen molar-refractivity contribution in [3.05, 3.63) is 29.6 Å². The van der Waals surface area contributed by atoms with Gasteiger partial charge in [0, 0.05) is 45.8 Å². The number of rotatable bonds is 7. The number of ether oxygens (including phenoxy) is 1. The van der Waals surface area contributed by atoms with Gasteiger partial charge in [-0.15, -0.1) is 0 Å². The van der Waals surface area contributed by atoms with E-state index in [9.17, 15) is 4.39 Å². The number of anilines is 1. The summed E-state index contributed by atoms with van der Waals surface area (Å²) in [4.78, 5) is 2.01. The molecule has 1 aromatic carbocycles. The number of hydrogen-bond acceptors (Lipinski definition) is 4. The number of aliphatic hydroxyl groups excluding tert-OH is 1. The van der Waals surface area contributed by atoms with Gasteiger partial charge in [-0.05, 0) is 24.1 Å². The molecule has 1 aliphatic heterocycles. The summed E-state index contributed by atoms with van der Waals surface area (Å²) >= 11 is 0. The molecule has 1 unspecified atom stereocenters. The van der Waals surface area contributed by atoms with Crippen LogP contribution in [0, 0.1) is 11.7 Å². The summed E-state index contributed by atoms with van der Waals surface area (Å²) in [5, 5.41) is 12.3. The Balaban J connectivity index is 1.92. The van der Waals surface area contributed by atoms with Gasteiger partial charge in [-0.25, -0.2) is 4.39 Å². The van der Waals surface area contributed by atoms with Crippen LogP contribution < -0.4 is 10.2 Å². The van der Waals surface area contributed by atoms with Crippen molar-refractivity contribution < 1.29 is 14.2 Å². The van der Waals surface area contributed by atoms with Crippen molar-refractivity contribution in [2.75, 3.05) is 44.9 Å². The molecular weight excluding hydrogens is 259 g/mol. The molecule has 1 aliphatic rings. The van der Waals surface area contributed by atoms with Gasteiger partial charge in [0.05, 0.1) is 12.3 Å². The molecule has 20 heavy (non-hydrogen) atoms. The molecule has 1 fully saturated rings. The van der Waals surface area contributed by atoms with Gasteiger partial charge in [0.1, 0.15) is 5.82 Å². The second-order valence-corrected chi connectivity index (χ2v) is 5.24. The molecule has 0 saturated carbocycles. The van der Waals surface area contributed by atoms with Gasteiger partial charge in [-0.1, -0.05) is 6.07 Å². The van der Waals surface area contributed by atoms with E-state index in [-0.39, 0.29) is 18.3 Å². The fraction of sp³-hybridized carbons (Fsp3) is 0.600. The number of hydrogen-bond donors (Lipinski definition) is 2. The van der Waals surface area contributed by atoms with Gasteiger partial charge in [0.25, 0.3) is 0 Å². The highest BCUT2D eigenvalue weighted by Crippen LogP contribution is 2.26. The zero-order valence-electron chi connectivity index (χ0n) is 11.9. The van der Waals surface area contributed by atoms with Crippen LogP contribution in [0.2, 0.25) is 0 Å². The molecule has 0 spiro atoms. The van der Waals surface area contributed by atoms with Crippen molar-refractivity contribution >= 4 is 5.69 Å². The Morgan fingerprint density at radius 1 is 1.50 bits per heavy atom. The highest BCUT2D eigenvalue weighted by atomic mass is 19.1. The van der Waals surface area contributed by atoms with Crippen molar-refractivity contribution in [1.29, 1.82) is 0 Å². The van der Waals surface area contributed by atoms with Crippen molar-refractivity contribution in [2.45, 2.75) is 13.0 Å². The first-order chi connectivity index (χ1) is 9.74. The van der Waals surface area contributed by atoms with E-state index < -0.39 is 0 Å². The Morgan fingerprint density at radius 2 is 2.35 bits per heavy atom. The number of nitrogens with zero attached hydrogens (tertiary/aromatic N) is 1. The second-order valence-electron chi connectivity index (χ2n) is 5.24. The summed E-state index contributed by atoms with van der Waals surface area (Å²) in [5.41, 5.74) is 1.57. The van der Waals surface area contributed by atoms with Crippen LogP contribution in [0.15, 0.2) is 18.2 Å². The van der Waals surface area contributed by atoms with Crippen molar-refractivity contribution in [3.63, 3.8) is 0 Å². The zero-order chi connectivity index (χ0) is 14.4. The summed E-state index contributed by atoms with van der Waals surface area (Å²) in [6, 6.07) is 5.37. The summed E-state index contributed by atoms with van der Waals surface area (Å²) in [5.74, 6) is 0.0828. The first kappa shape index (κ1) is 15.2. The fourth-order valence-electron chi connectivity index (χ4n) is 2.52. The minimum absolute atomic E-state index is 0.180. The van der Waals surface area contributed by atoms with Crippen molar-refractivity contribution in [1.82, 2.24) is 5.32 Å². The van der Waals surface area contributed by atoms with Crippen molar-refractivity contribution in [3.8, 4) is 0 Å². The van der Waals surface area contributed by atoms with E-state index in [2.05, 4.69) is 5.32 Å². The highest BCUT2D eigenvalue weighted by Gasteiger charge is 2.23.